The highest BCUT2D eigenvalue weighted by Crippen LogP contribution is 2.34. The molecule has 8 nitrogen and oxygen atoms in total. The monoisotopic (exact) mass is 543 g/mol. The second kappa shape index (κ2) is 10.6. The fourth-order valence-electron chi connectivity index (χ4n) is 3.91. The molecule has 0 atom stereocenters. The second-order valence-electron chi connectivity index (χ2n) is 8.33. The lowest BCUT2D eigenvalue weighted by Gasteiger charge is -2.10. The number of thiazole rings is 1. The van der Waals surface area contributed by atoms with E-state index >= 15 is 0 Å². The van der Waals surface area contributed by atoms with E-state index in [-0.39, 0.29) is 39.8 Å². The van der Waals surface area contributed by atoms with Gasteiger partial charge in [-0.25, -0.2) is 13.4 Å². The Hall–Kier alpha value is -4.30. The van der Waals surface area contributed by atoms with Crippen molar-refractivity contribution in [2.24, 2.45) is 0 Å². The Bertz CT molecular complexity index is 1720. The van der Waals surface area contributed by atoms with Crippen molar-refractivity contribution in [3.8, 4) is 22.4 Å². The minimum Gasteiger partial charge on any atom is -0.395 e. The molecule has 2 amide bonds. The minimum absolute atomic E-state index is 0.0310. The zero-order valence-corrected chi connectivity index (χ0v) is 21.5. The summed E-state index contributed by atoms with van der Waals surface area (Å²) in [6, 6.07) is 17.7. The van der Waals surface area contributed by atoms with Crippen molar-refractivity contribution in [3.63, 3.8) is 0 Å². The third-order valence-corrected chi connectivity index (χ3v) is 8.70. The van der Waals surface area contributed by atoms with E-state index in [1.165, 1.54) is 41.7 Å². The Labute approximate surface area is 223 Å². The van der Waals surface area contributed by atoms with Crippen molar-refractivity contribution >= 4 is 38.7 Å². The standard InChI is InChI=1S/C28H21N3O5S2/c32-14-4-3-5-18-8-10-19(11-9-18)28-30-17-21(37-28)16-29-26(33)20-12-13-25-23(15-20)31-27(34)22-6-1-2-7-24(22)38(25,35)36/h1-2,6-13,15,17,32H,4,14,16H2,(H,29,33)(H,31,34). The lowest BCUT2D eigenvalue weighted by Crippen LogP contribution is -2.22. The number of carbonyl (C=O) groups excluding carboxylic acids is 2. The molecule has 4 aromatic rings. The average molecular weight is 544 g/mol. The van der Waals surface area contributed by atoms with Crippen molar-refractivity contribution in [2.75, 3.05) is 11.9 Å². The molecular weight excluding hydrogens is 522 g/mol. The molecule has 0 fully saturated rings. The minimum atomic E-state index is -3.94. The smallest absolute Gasteiger partial charge is 0.257 e. The maximum Gasteiger partial charge on any atom is 0.257 e. The summed E-state index contributed by atoms with van der Waals surface area (Å²) in [5.74, 6) is 4.90. The third kappa shape index (κ3) is 5.08. The summed E-state index contributed by atoms with van der Waals surface area (Å²) in [5, 5.41) is 15.1. The maximum atomic E-state index is 13.1. The summed E-state index contributed by atoms with van der Waals surface area (Å²) < 4.78 is 26.3. The van der Waals surface area contributed by atoms with E-state index in [0.717, 1.165) is 21.0 Å². The van der Waals surface area contributed by atoms with Gasteiger partial charge in [0.1, 0.15) is 5.01 Å². The summed E-state index contributed by atoms with van der Waals surface area (Å²) >= 11 is 1.44. The van der Waals surface area contributed by atoms with Crippen molar-refractivity contribution in [3.05, 3.63) is 94.5 Å². The van der Waals surface area contributed by atoms with E-state index in [4.69, 9.17) is 5.11 Å². The number of rotatable bonds is 5. The predicted molar refractivity (Wildman–Crippen MR) is 144 cm³/mol. The van der Waals surface area contributed by atoms with Crippen LogP contribution >= 0.6 is 11.3 Å². The number of nitrogens with one attached hydrogen (secondary N) is 2. The molecule has 0 saturated heterocycles. The van der Waals surface area contributed by atoms with Gasteiger partial charge in [0, 0.05) is 34.2 Å². The van der Waals surface area contributed by atoms with Crippen molar-refractivity contribution in [1.29, 1.82) is 0 Å². The summed E-state index contributed by atoms with van der Waals surface area (Å²) in [6.07, 6.45) is 2.12. The van der Waals surface area contributed by atoms with Crippen LogP contribution in [0.25, 0.3) is 10.6 Å². The molecule has 1 aromatic heterocycles. The van der Waals surface area contributed by atoms with E-state index in [1.807, 2.05) is 24.3 Å². The number of hydrogen-bond acceptors (Lipinski definition) is 7. The highest BCUT2D eigenvalue weighted by Gasteiger charge is 2.31. The molecule has 0 bridgehead atoms. The highest BCUT2D eigenvalue weighted by molar-refractivity contribution is 7.91. The number of aliphatic hydroxyl groups is 1. The van der Waals surface area contributed by atoms with Gasteiger partial charge < -0.3 is 15.7 Å². The predicted octanol–water partition coefficient (Wildman–Crippen LogP) is 3.87. The SMILES string of the molecule is O=C(NCc1cnc(-c2ccc(C#CCCO)cc2)s1)c1ccc2c(c1)NC(=O)c1ccccc1S2(=O)=O. The number of aromatic nitrogens is 1. The Kier molecular flexibility index (Phi) is 7.07. The molecule has 38 heavy (non-hydrogen) atoms. The van der Waals surface area contributed by atoms with Gasteiger partial charge in [-0.15, -0.1) is 11.3 Å². The van der Waals surface area contributed by atoms with Crippen LogP contribution in [0.15, 0.2) is 82.7 Å². The fourth-order valence-corrected chi connectivity index (χ4v) is 6.36. The highest BCUT2D eigenvalue weighted by atomic mass is 32.2. The van der Waals surface area contributed by atoms with E-state index < -0.39 is 21.7 Å². The molecular formula is C28H21N3O5S2. The zero-order chi connectivity index (χ0) is 26.7. The van der Waals surface area contributed by atoms with Gasteiger partial charge in [0.25, 0.3) is 11.8 Å². The van der Waals surface area contributed by atoms with Crippen LogP contribution in [0.3, 0.4) is 0 Å². The van der Waals surface area contributed by atoms with Crippen LogP contribution in [-0.2, 0) is 16.4 Å². The van der Waals surface area contributed by atoms with Gasteiger partial charge in [-0.05, 0) is 42.5 Å². The van der Waals surface area contributed by atoms with Crippen LogP contribution in [0.1, 0.15) is 37.6 Å². The van der Waals surface area contributed by atoms with Gasteiger partial charge in [-0.1, -0.05) is 36.1 Å². The maximum absolute atomic E-state index is 13.1. The third-order valence-electron chi connectivity index (χ3n) is 5.78. The average Bonchev–Trinajstić information content (AvgIpc) is 3.38. The van der Waals surface area contributed by atoms with Crippen LogP contribution in [0.5, 0.6) is 0 Å². The van der Waals surface area contributed by atoms with Gasteiger partial charge in [0.2, 0.25) is 9.84 Å². The van der Waals surface area contributed by atoms with Crippen LogP contribution < -0.4 is 10.6 Å². The molecule has 2 heterocycles. The summed E-state index contributed by atoms with van der Waals surface area (Å²) in [4.78, 5) is 30.6. The second-order valence-corrected chi connectivity index (χ2v) is 11.3. The lowest BCUT2D eigenvalue weighted by molar-refractivity contribution is 0.0949. The first kappa shape index (κ1) is 25.4. The molecule has 1 aliphatic rings. The van der Waals surface area contributed by atoms with E-state index in [1.54, 1.807) is 18.3 Å². The van der Waals surface area contributed by atoms with Gasteiger partial charge >= 0.3 is 0 Å². The Morgan fingerprint density at radius 3 is 2.63 bits per heavy atom. The van der Waals surface area contributed by atoms with Crippen LogP contribution in [0.4, 0.5) is 5.69 Å². The number of sulfone groups is 1. The molecule has 0 aliphatic carbocycles. The van der Waals surface area contributed by atoms with Crippen LogP contribution in [-0.4, -0.2) is 36.9 Å². The van der Waals surface area contributed by atoms with Gasteiger partial charge in [0.05, 0.1) is 34.2 Å². The Morgan fingerprint density at radius 1 is 1.05 bits per heavy atom. The first-order chi connectivity index (χ1) is 18.4. The number of amides is 2. The molecule has 3 N–H and O–H groups in total. The molecule has 1 aliphatic heterocycles. The number of hydrogen-bond donors (Lipinski definition) is 3. The van der Waals surface area contributed by atoms with Crippen molar-refractivity contribution < 1.29 is 23.1 Å². The number of aliphatic hydroxyl groups excluding tert-OH is 1. The Balaban J connectivity index is 1.29. The molecule has 0 radical (unpaired) electrons. The number of benzene rings is 3. The molecule has 0 spiro atoms. The number of anilines is 1. The van der Waals surface area contributed by atoms with Crippen LogP contribution in [0, 0.1) is 11.8 Å². The molecule has 0 saturated carbocycles. The number of nitrogens with zero attached hydrogens (tertiary/aromatic N) is 1. The molecule has 10 heteroatoms. The van der Waals surface area contributed by atoms with Gasteiger partial charge in [-0.2, -0.15) is 0 Å². The molecule has 5 rings (SSSR count). The van der Waals surface area contributed by atoms with E-state index in [9.17, 15) is 18.0 Å². The largest absolute Gasteiger partial charge is 0.395 e. The quantitative estimate of drug-likeness (QED) is 0.328. The van der Waals surface area contributed by atoms with Gasteiger partial charge in [0.15, 0.2) is 0 Å². The Morgan fingerprint density at radius 2 is 1.84 bits per heavy atom. The summed E-state index contributed by atoms with van der Waals surface area (Å²) in [5.41, 5.74) is 2.10. The molecule has 3 aromatic carbocycles. The number of carbonyl (C=O) groups is 2. The lowest BCUT2D eigenvalue weighted by atomic mass is 10.1. The normalized spacial score (nSPS) is 13.2. The summed E-state index contributed by atoms with van der Waals surface area (Å²) in [6.45, 7) is 0.262. The topological polar surface area (TPSA) is 125 Å². The van der Waals surface area contributed by atoms with Crippen molar-refractivity contribution in [1.82, 2.24) is 10.3 Å². The van der Waals surface area contributed by atoms with Crippen molar-refractivity contribution in [2.45, 2.75) is 22.8 Å². The molecule has 0 unspecified atom stereocenters. The summed E-state index contributed by atoms with van der Waals surface area (Å²) in [7, 11) is -3.94. The van der Waals surface area contributed by atoms with E-state index in [2.05, 4.69) is 27.5 Å². The van der Waals surface area contributed by atoms with Crippen LogP contribution in [0.2, 0.25) is 0 Å². The first-order valence-electron chi connectivity index (χ1n) is 11.6. The fraction of sp³-hybridized carbons (Fsp3) is 0.107. The zero-order valence-electron chi connectivity index (χ0n) is 19.9. The van der Waals surface area contributed by atoms with Gasteiger partial charge in [-0.3, -0.25) is 9.59 Å². The first-order valence-corrected chi connectivity index (χ1v) is 13.9. The van der Waals surface area contributed by atoms with E-state index in [0.29, 0.717) is 6.42 Å². The number of fused-ring (bicyclic) bond motifs is 2. The molecule has 190 valence electrons.